The fourth-order valence-corrected chi connectivity index (χ4v) is 3.44. The van der Waals surface area contributed by atoms with Crippen LogP contribution in [0, 0.1) is 0 Å². The molecule has 0 atom stereocenters. The van der Waals surface area contributed by atoms with Crippen molar-refractivity contribution in [1.82, 2.24) is 24.5 Å². The third-order valence-corrected chi connectivity index (χ3v) is 4.78. The van der Waals surface area contributed by atoms with Gasteiger partial charge in [-0.25, -0.2) is 19.7 Å². The number of hydrogen-bond donors (Lipinski definition) is 2. The minimum Gasteiger partial charge on any atom is -0.351 e. The molecule has 1 fully saturated rings. The van der Waals surface area contributed by atoms with Crippen molar-refractivity contribution >= 4 is 28.0 Å². The highest BCUT2D eigenvalue weighted by Gasteiger charge is 2.33. The van der Waals surface area contributed by atoms with Gasteiger partial charge in [-0.1, -0.05) is 18.2 Å². The Morgan fingerprint density at radius 1 is 1.12 bits per heavy atom. The van der Waals surface area contributed by atoms with Gasteiger partial charge >= 0.3 is 5.69 Å². The quantitative estimate of drug-likeness (QED) is 0.602. The lowest BCUT2D eigenvalue weighted by Crippen LogP contribution is -2.40. The lowest BCUT2D eigenvalue weighted by molar-refractivity contribution is 0.281. The van der Waals surface area contributed by atoms with Gasteiger partial charge in [0.1, 0.15) is 0 Å². The number of nitrogens with one attached hydrogen (secondary N) is 2. The molecule has 3 aromatic heterocycles. The van der Waals surface area contributed by atoms with Crippen LogP contribution in [0.1, 0.15) is 18.9 Å². The zero-order chi connectivity index (χ0) is 16.8. The fourth-order valence-electron chi connectivity index (χ4n) is 3.44. The Morgan fingerprint density at radius 2 is 2.00 bits per heavy atom. The number of aromatic nitrogens is 5. The van der Waals surface area contributed by atoms with E-state index < -0.39 is 0 Å². The average Bonchev–Trinajstić information content (AvgIpc) is 2.93. The number of fused-ring (bicyclic) bond motifs is 2. The molecule has 0 saturated heterocycles. The lowest BCUT2D eigenvalue weighted by Gasteiger charge is -2.36. The van der Waals surface area contributed by atoms with Crippen LogP contribution in [0.5, 0.6) is 0 Å². The molecule has 0 radical (unpaired) electrons. The average molecular weight is 332 g/mol. The number of aromatic amines is 1. The molecule has 25 heavy (non-hydrogen) atoms. The summed E-state index contributed by atoms with van der Waals surface area (Å²) in [6.07, 6.45) is 5.23. The maximum atomic E-state index is 12.2. The number of pyridine rings is 1. The molecule has 1 aliphatic carbocycles. The van der Waals surface area contributed by atoms with Gasteiger partial charge < -0.3 is 10.3 Å². The van der Waals surface area contributed by atoms with E-state index in [2.05, 4.69) is 25.3 Å². The van der Waals surface area contributed by atoms with Gasteiger partial charge in [0, 0.05) is 29.9 Å². The van der Waals surface area contributed by atoms with Gasteiger partial charge in [-0.2, -0.15) is 0 Å². The Hall–Kier alpha value is -3.22. The van der Waals surface area contributed by atoms with Gasteiger partial charge in [-0.3, -0.25) is 4.57 Å². The molecule has 4 aromatic rings. The van der Waals surface area contributed by atoms with E-state index in [0.717, 1.165) is 34.9 Å². The topological polar surface area (TPSA) is 88.5 Å². The minimum atomic E-state index is -0.0981. The Labute approximate surface area is 142 Å². The Bertz CT molecular complexity index is 1130. The van der Waals surface area contributed by atoms with Crippen molar-refractivity contribution in [3.63, 3.8) is 0 Å². The molecule has 5 rings (SSSR count). The Balaban J connectivity index is 1.34. The summed E-state index contributed by atoms with van der Waals surface area (Å²) >= 11 is 0. The maximum absolute atomic E-state index is 12.2. The van der Waals surface area contributed by atoms with Gasteiger partial charge in [0.2, 0.25) is 5.95 Å². The molecule has 0 bridgehead atoms. The van der Waals surface area contributed by atoms with Crippen molar-refractivity contribution in [3.8, 4) is 0 Å². The molecule has 0 amide bonds. The molecule has 1 saturated carbocycles. The van der Waals surface area contributed by atoms with Crippen LogP contribution in [-0.2, 0) is 0 Å². The molecule has 2 N–H and O–H groups in total. The standard InChI is InChI=1S/C18H16N6O/c25-18-23-15-6-3-7-19-16(15)24(18)13-8-12(9-13)21-17-20-10-11-4-1-2-5-14(11)22-17/h1-7,10,12-13H,8-9H2,(H,23,25)(H,20,21,22). The van der Waals surface area contributed by atoms with E-state index in [0.29, 0.717) is 5.95 Å². The number of nitrogens with zero attached hydrogens (tertiary/aromatic N) is 4. The molecule has 0 spiro atoms. The van der Waals surface area contributed by atoms with Crippen LogP contribution in [0.4, 0.5) is 5.95 Å². The molecule has 1 aliphatic rings. The number of imidazole rings is 1. The largest absolute Gasteiger partial charge is 0.351 e. The second kappa shape index (κ2) is 5.41. The third kappa shape index (κ3) is 2.36. The second-order valence-corrected chi connectivity index (χ2v) is 6.39. The number of hydrogen-bond acceptors (Lipinski definition) is 5. The molecule has 7 nitrogen and oxygen atoms in total. The highest BCUT2D eigenvalue weighted by molar-refractivity contribution is 5.78. The van der Waals surface area contributed by atoms with E-state index in [1.54, 1.807) is 10.8 Å². The molecule has 1 aromatic carbocycles. The predicted octanol–water partition coefficient (Wildman–Crippen LogP) is 2.48. The van der Waals surface area contributed by atoms with Crippen LogP contribution in [0.2, 0.25) is 0 Å². The number of anilines is 1. The summed E-state index contributed by atoms with van der Waals surface area (Å²) in [4.78, 5) is 28.3. The summed E-state index contributed by atoms with van der Waals surface area (Å²) in [5.41, 5.74) is 2.33. The lowest BCUT2D eigenvalue weighted by atomic mass is 9.86. The first-order valence-corrected chi connectivity index (χ1v) is 8.31. The van der Waals surface area contributed by atoms with E-state index in [-0.39, 0.29) is 17.8 Å². The van der Waals surface area contributed by atoms with E-state index >= 15 is 0 Å². The normalized spacial score (nSPS) is 19.8. The molecule has 7 heteroatoms. The van der Waals surface area contributed by atoms with Crippen molar-refractivity contribution in [3.05, 3.63) is 59.3 Å². The van der Waals surface area contributed by atoms with Crippen molar-refractivity contribution < 1.29 is 0 Å². The van der Waals surface area contributed by atoms with Crippen LogP contribution >= 0.6 is 0 Å². The first-order chi connectivity index (χ1) is 12.3. The van der Waals surface area contributed by atoms with Crippen molar-refractivity contribution in [1.29, 1.82) is 0 Å². The predicted molar refractivity (Wildman–Crippen MR) is 95.6 cm³/mol. The number of H-pyrrole nitrogens is 1. The van der Waals surface area contributed by atoms with Gasteiger partial charge in [-0.05, 0) is 31.0 Å². The third-order valence-electron chi connectivity index (χ3n) is 4.78. The van der Waals surface area contributed by atoms with Gasteiger partial charge in [0.05, 0.1) is 11.0 Å². The SMILES string of the molecule is O=c1[nH]c2cccnc2n1C1CC(Nc2ncc3ccccc3n2)C1. The van der Waals surface area contributed by atoms with Crippen LogP contribution in [0.3, 0.4) is 0 Å². The van der Waals surface area contributed by atoms with E-state index in [9.17, 15) is 4.79 Å². The number of benzene rings is 1. The Kier molecular flexibility index (Phi) is 3.06. The van der Waals surface area contributed by atoms with Crippen LogP contribution in [0.25, 0.3) is 22.1 Å². The second-order valence-electron chi connectivity index (χ2n) is 6.39. The first-order valence-electron chi connectivity index (χ1n) is 8.31. The molecular formula is C18H16N6O. The summed E-state index contributed by atoms with van der Waals surface area (Å²) in [5, 5.41) is 4.39. The summed E-state index contributed by atoms with van der Waals surface area (Å²) in [5.74, 6) is 0.631. The van der Waals surface area contributed by atoms with Crippen molar-refractivity contribution in [2.24, 2.45) is 0 Å². The Morgan fingerprint density at radius 3 is 2.92 bits per heavy atom. The van der Waals surface area contributed by atoms with Crippen molar-refractivity contribution in [2.75, 3.05) is 5.32 Å². The zero-order valence-corrected chi connectivity index (χ0v) is 13.4. The van der Waals surface area contributed by atoms with Gasteiger partial charge in [0.25, 0.3) is 0 Å². The zero-order valence-electron chi connectivity index (χ0n) is 13.4. The monoisotopic (exact) mass is 332 g/mol. The number of para-hydroxylation sites is 1. The van der Waals surface area contributed by atoms with Crippen molar-refractivity contribution in [2.45, 2.75) is 24.9 Å². The molecule has 3 heterocycles. The maximum Gasteiger partial charge on any atom is 0.327 e. The summed E-state index contributed by atoms with van der Waals surface area (Å²) in [7, 11) is 0. The number of rotatable bonds is 3. The molecular weight excluding hydrogens is 316 g/mol. The van der Waals surface area contributed by atoms with E-state index in [4.69, 9.17) is 0 Å². The summed E-state index contributed by atoms with van der Waals surface area (Å²) in [6.45, 7) is 0. The summed E-state index contributed by atoms with van der Waals surface area (Å²) < 4.78 is 1.76. The summed E-state index contributed by atoms with van der Waals surface area (Å²) in [6, 6.07) is 12.0. The molecule has 0 unspecified atom stereocenters. The fraction of sp³-hybridized carbons (Fsp3) is 0.222. The van der Waals surface area contributed by atoms with Crippen LogP contribution in [0.15, 0.2) is 53.6 Å². The van der Waals surface area contributed by atoms with E-state index in [1.807, 2.05) is 42.6 Å². The van der Waals surface area contributed by atoms with Gasteiger partial charge in [0.15, 0.2) is 5.65 Å². The minimum absolute atomic E-state index is 0.0981. The van der Waals surface area contributed by atoms with Crippen LogP contribution < -0.4 is 11.0 Å². The van der Waals surface area contributed by atoms with Crippen LogP contribution in [-0.4, -0.2) is 30.5 Å². The molecule has 124 valence electrons. The smallest absolute Gasteiger partial charge is 0.327 e. The van der Waals surface area contributed by atoms with E-state index in [1.165, 1.54) is 0 Å². The molecule has 0 aliphatic heterocycles. The highest BCUT2D eigenvalue weighted by Crippen LogP contribution is 2.34. The van der Waals surface area contributed by atoms with Gasteiger partial charge in [-0.15, -0.1) is 0 Å². The first kappa shape index (κ1) is 14.2. The highest BCUT2D eigenvalue weighted by atomic mass is 16.1.